The Labute approximate surface area is 390 Å². The third-order valence-corrected chi connectivity index (χ3v) is 12.8. The quantitative estimate of drug-likeness (QED) is 0.0268. The van der Waals surface area contributed by atoms with Crippen LogP contribution in [0.5, 0.6) is 0 Å². The first-order valence-electron chi connectivity index (χ1n) is 27.0. The van der Waals surface area contributed by atoms with Crippen LogP contribution in [-0.2, 0) is 27.9 Å². The molecule has 63 heavy (non-hydrogen) atoms. The number of ether oxygens (including phenoxy) is 2. The summed E-state index contributed by atoms with van der Waals surface area (Å²) in [6.07, 6.45) is 61.8. The lowest BCUT2D eigenvalue weighted by atomic mass is 10.0. The molecule has 3 N–H and O–H groups in total. The van der Waals surface area contributed by atoms with Crippen molar-refractivity contribution in [2.45, 2.75) is 270 Å². The summed E-state index contributed by atoms with van der Waals surface area (Å²) >= 11 is 0. The van der Waals surface area contributed by atoms with Gasteiger partial charge in [-0.15, -0.1) is 0 Å². The average molecular weight is 910 g/mol. The highest BCUT2D eigenvalue weighted by atomic mass is 31.2. The van der Waals surface area contributed by atoms with Crippen LogP contribution in [0.15, 0.2) is 36.5 Å². The number of unbranched alkanes of at least 4 members (excludes halogenated alkanes) is 33. The summed E-state index contributed by atoms with van der Waals surface area (Å²) in [5.41, 5.74) is 5.39. The number of allylic oxidation sites excluding steroid dienone is 6. The Morgan fingerprint density at radius 3 is 1.25 bits per heavy atom. The van der Waals surface area contributed by atoms with Gasteiger partial charge in [-0.2, -0.15) is 0 Å². The lowest BCUT2D eigenvalue weighted by Gasteiger charge is -2.20. The molecule has 0 saturated carbocycles. The lowest BCUT2D eigenvalue weighted by molar-refractivity contribution is -0.154. The van der Waals surface area contributed by atoms with Crippen molar-refractivity contribution in [2.24, 2.45) is 5.73 Å². The van der Waals surface area contributed by atoms with Gasteiger partial charge in [-0.25, -0.2) is 4.57 Å². The van der Waals surface area contributed by atoms with Crippen LogP contribution in [0.2, 0.25) is 0 Å². The van der Waals surface area contributed by atoms with Crippen LogP contribution in [-0.4, -0.2) is 49.9 Å². The topological polar surface area (TPSA) is 117 Å². The normalized spacial score (nSPS) is 13.5. The van der Waals surface area contributed by atoms with Crippen molar-refractivity contribution in [3.8, 4) is 0 Å². The van der Waals surface area contributed by atoms with E-state index in [1.54, 1.807) is 0 Å². The predicted molar refractivity (Wildman–Crippen MR) is 270 cm³/mol. The maximum atomic E-state index is 12.7. The Bertz CT molecular complexity index is 1070. The molecular formula is C54H104NO7P. The summed E-state index contributed by atoms with van der Waals surface area (Å²) in [6.45, 7) is 4.95. The minimum Gasteiger partial charge on any atom is -0.457 e. The molecule has 372 valence electrons. The number of esters is 1. The standard InChI is InChI=1S/C54H104NO7P/c1-3-5-7-9-11-13-15-17-19-21-23-25-26-28-30-32-34-36-38-40-42-44-46-49-59-51-53(52-61-63(57,58)60-50-48-55)62-54(56)47-45-43-41-39-37-35-33-31-29-27-24-22-20-18-16-14-12-10-8-6-4-2/h16,18,22,24,29,31,53H,3-15,17,19-21,23,25-28,30,32-52,55H2,1-2H3,(H,57,58)/b18-16-,24-22-,31-29-. The molecule has 0 saturated heterocycles. The van der Waals surface area contributed by atoms with Crippen LogP contribution in [0, 0.1) is 0 Å². The Kier molecular flexibility index (Phi) is 50.7. The van der Waals surface area contributed by atoms with E-state index in [2.05, 4.69) is 50.3 Å². The summed E-state index contributed by atoms with van der Waals surface area (Å²) in [6, 6.07) is 0. The molecule has 0 spiro atoms. The number of hydrogen-bond donors (Lipinski definition) is 2. The second kappa shape index (κ2) is 51.7. The van der Waals surface area contributed by atoms with E-state index in [1.807, 2.05) is 0 Å². The van der Waals surface area contributed by atoms with Gasteiger partial charge < -0.3 is 20.1 Å². The zero-order valence-electron chi connectivity index (χ0n) is 41.6. The van der Waals surface area contributed by atoms with Gasteiger partial charge in [0.15, 0.2) is 0 Å². The molecule has 0 fully saturated rings. The van der Waals surface area contributed by atoms with Crippen molar-refractivity contribution in [2.75, 3.05) is 33.0 Å². The van der Waals surface area contributed by atoms with Crippen molar-refractivity contribution in [1.82, 2.24) is 0 Å². The van der Waals surface area contributed by atoms with Crippen molar-refractivity contribution in [3.05, 3.63) is 36.5 Å². The third-order valence-electron chi connectivity index (χ3n) is 11.8. The highest BCUT2D eigenvalue weighted by Gasteiger charge is 2.25. The molecule has 9 heteroatoms. The molecule has 0 radical (unpaired) electrons. The van der Waals surface area contributed by atoms with Crippen molar-refractivity contribution in [3.63, 3.8) is 0 Å². The Balaban J connectivity index is 3.92. The van der Waals surface area contributed by atoms with Crippen molar-refractivity contribution < 1.29 is 32.8 Å². The van der Waals surface area contributed by atoms with E-state index in [0.29, 0.717) is 13.0 Å². The number of phosphoric acid groups is 1. The second-order valence-electron chi connectivity index (χ2n) is 18.1. The summed E-state index contributed by atoms with van der Waals surface area (Å²) in [7, 11) is -4.29. The van der Waals surface area contributed by atoms with Crippen LogP contribution in [0.3, 0.4) is 0 Å². The van der Waals surface area contributed by atoms with Crippen LogP contribution in [0.1, 0.15) is 264 Å². The fourth-order valence-electron chi connectivity index (χ4n) is 7.83. The van der Waals surface area contributed by atoms with Gasteiger partial charge in [-0.3, -0.25) is 13.8 Å². The number of carbonyl (C=O) groups excluding carboxylic acids is 1. The van der Waals surface area contributed by atoms with Gasteiger partial charge in [0.05, 0.1) is 19.8 Å². The van der Waals surface area contributed by atoms with Crippen LogP contribution < -0.4 is 5.73 Å². The molecular weight excluding hydrogens is 806 g/mol. The number of rotatable bonds is 52. The molecule has 0 aromatic carbocycles. The molecule has 8 nitrogen and oxygen atoms in total. The lowest BCUT2D eigenvalue weighted by Crippen LogP contribution is -2.28. The molecule has 0 aliphatic heterocycles. The molecule has 0 aromatic rings. The number of phosphoric ester groups is 1. The predicted octanol–water partition coefficient (Wildman–Crippen LogP) is 16.9. The maximum Gasteiger partial charge on any atom is 0.472 e. The first-order valence-corrected chi connectivity index (χ1v) is 28.5. The molecule has 0 aromatic heterocycles. The van der Waals surface area contributed by atoms with Gasteiger partial charge in [0.25, 0.3) is 0 Å². The number of carbonyl (C=O) groups is 1. The molecule has 0 aliphatic rings. The average Bonchev–Trinajstić information content (AvgIpc) is 3.28. The smallest absolute Gasteiger partial charge is 0.457 e. The minimum absolute atomic E-state index is 0.0970. The van der Waals surface area contributed by atoms with E-state index in [0.717, 1.165) is 57.8 Å². The molecule has 0 rings (SSSR count). The number of nitrogens with two attached hydrogens (primary N) is 1. The van der Waals surface area contributed by atoms with Gasteiger partial charge >= 0.3 is 13.8 Å². The SMILES string of the molecule is CCCCCCC/C=C\C/C=C\C/C=C\CCCCCCCCC(=O)OC(COCCCCCCCCCCCCCCCCCCCCCCCCC)COP(=O)(O)OCCN. The van der Waals surface area contributed by atoms with E-state index in [4.69, 9.17) is 24.3 Å². The van der Waals surface area contributed by atoms with Gasteiger partial charge in [-0.05, 0) is 51.4 Å². The molecule has 2 atom stereocenters. The summed E-state index contributed by atoms with van der Waals surface area (Å²) < 4.78 is 33.6. The maximum absolute atomic E-state index is 12.7. The Morgan fingerprint density at radius 1 is 0.476 bits per heavy atom. The highest BCUT2D eigenvalue weighted by molar-refractivity contribution is 7.47. The zero-order valence-corrected chi connectivity index (χ0v) is 42.5. The highest BCUT2D eigenvalue weighted by Crippen LogP contribution is 2.43. The van der Waals surface area contributed by atoms with Crippen molar-refractivity contribution >= 4 is 13.8 Å². The molecule has 0 bridgehead atoms. The van der Waals surface area contributed by atoms with Crippen LogP contribution in [0.4, 0.5) is 0 Å². The minimum atomic E-state index is -4.29. The zero-order chi connectivity index (χ0) is 45.8. The van der Waals surface area contributed by atoms with Gasteiger partial charge in [0.2, 0.25) is 0 Å². The number of hydrogen-bond acceptors (Lipinski definition) is 7. The van der Waals surface area contributed by atoms with Gasteiger partial charge in [-0.1, -0.05) is 243 Å². The molecule has 0 heterocycles. The summed E-state index contributed by atoms with van der Waals surface area (Å²) in [4.78, 5) is 22.6. The fraction of sp³-hybridized carbons (Fsp3) is 0.870. The van der Waals surface area contributed by atoms with E-state index < -0.39 is 13.9 Å². The van der Waals surface area contributed by atoms with E-state index in [1.165, 1.54) is 186 Å². The van der Waals surface area contributed by atoms with E-state index in [9.17, 15) is 14.3 Å². The van der Waals surface area contributed by atoms with Crippen molar-refractivity contribution in [1.29, 1.82) is 0 Å². The first-order chi connectivity index (χ1) is 30.9. The second-order valence-corrected chi connectivity index (χ2v) is 19.6. The van der Waals surface area contributed by atoms with E-state index in [-0.39, 0.29) is 32.3 Å². The largest absolute Gasteiger partial charge is 0.472 e. The summed E-state index contributed by atoms with van der Waals surface area (Å²) in [5, 5.41) is 0. The van der Waals surface area contributed by atoms with Crippen LogP contribution >= 0.6 is 7.82 Å². The summed E-state index contributed by atoms with van der Waals surface area (Å²) in [5.74, 6) is -0.338. The molecule has 0 amide bonds. The molecule has 0 aliphatic carbocycles. The fourth-order valence-corrected chi connectivity index (χ4v) is 8.60. The van der Waals surface area contributed by atoms with Crippen LogP contribution in [0.25, 0.3) is 0 Å². The van der Waals surface area contributed by atoms with Gasteiger partial charge in [0, 0.05) is 19.6 Å². The Morgan fingerprint density at radius 2 is 0.841 bits per heavy atom. The monoisotopic (exact) mass is 910 g/mol. The van der Waals surface area contributed by atoms with Gasteiger partial charge in [0.1, 0.15) is 6.10 Å². The third kappa shape index (κ3) is 51.6. The van der Waals surface area contributed by atoms with E-state index >= 15 is 0 Å². The first kappa shape index (κ1) is 61.7. The molecule has 2 unspecified atom stereocenters. The Hall–Kier alpha value is -1.28.